The number of fused-ring (bicyclic) bond motifs is 8. The summed E-state index contributed by atoms with van der Waals surface area (Å²) in [5.74, 6) is -3.32. The second-order valence-corrected chi connectivity index (χ2v) is 22.3. The Labute approximate surface area is 394 Å². The van der Waals surface area contributed by atoms with E-state index in [1.165, 1.54) is 45.5 Å². The fourth-order valence-electron chi connectivity index (χ4n) is 11.4. The Bertz CT molecular complexity index is 2670. The molecular weight excluding hydrogens is 870 g/mol. The number of carbonyl (C=O) groups is 4. The lowest BCUT2D eigenvalue weighted by atomic mass is 9.65. The molecule has 0 fully saturated rings. The van der Waals surface area contributed by atoms with Crippen molar-refractivity contribution < 1.29 is 32.3 Å². The maximum Gasteiger partial charge on any atom is 0.197 e. The predicted molar refractivity (Wildman–Crippen MR) is 262 cm³/mol. The second kappa shape index (κ2) is 17.0. The van der Waals surface area contributed by atoms with Gasteiger partial charge in [0.1, 0.15) is 5.82 Å². The van der Waals surface area contributed by atoms with Crippen LogP contribution in [0.15, 0.2) is 59.7 Å². The van der Waals surface area contributed by atoms with E-state index < -0.39 is 34.8 Å². The van der Waals surface area contributed by atoms with Gasteiger partial charge in [0.2, 0.25) is 0 Å². The molecular formula is C57H57F3O4S2. The quantitative estimate of drug-likeness (QED) is 0.0822. The van der Waals surface area contributed by atoms with Gasteiger partial charge in [0.05, 0.1) is 11.1 Å². The van der Waals surface area contributed by atoms with Crippen molar-refractivity contribution in [1.29, 1.82) is 0 Å². The van der Waals surface area contributed by atoms with Crippen molar-refractivity contribution in [3.63, 3.8) is 0 Å². The number of allylic oxidation sites excluding steroid dienone is 2. The number of rotatable bonds is 14. The Morgan fingerprint density at radius 1 is 0.455 bits per heavy atom. The van der Waals surface area contributed by atoms with Gasteiger partial charge in [0, 0.05) is 52.6 Å². The van der Waals surface area contributed by atoms with Crippen LogP contribution in [0.4, 0.5) is 13.2 Å². The first-order chi connectivity index (χ1) is 31.4. The Kier molecular flexibility index (Phi) is 11.9. The number of carbonyl (C=O) groups excluding carboxylic acids is 4. The zero-order valence-corrected chi connectivity index (χ0v) is 41.0. The smallest absolute Gasteiger partial charge is 0.197 e. The van der Waals surface area contributed by atoms with Gasteiger partial charge >= 0.3 is 0 Å². The van der Waals surface area contributed by atoms with Crippen LogP contribution in [0, 0.1) is 48.0 Å². The summed E-state index contributed by atoms with van der Waals surface area (Å²) in [6.07, 6.45) is 10.9. The standard InChI is InChI=1S/C57H57F3O4S2/c1-10-28(5)24-56(25-29(6)11-2)43-20-40-44(19-39(43)54-45(56)17-33(65-54)15-41-50(61)35-14-32(9)47(58)21-36(35)51(41)62)57(26-30(7)12-3,27-31(8)13-4)46-18-34(66-55(40)46)16-42-52(63)37-22-48(59)49(60)23-38(37)53(42)64/h14-23,28-31H,10-13,24-27H2,1-9H3/b41-15-. The third-order valence-corrected chi connectivity index (χ3v) is 17.9. The number of thiophene rings is 2. The summed E-state index contributed by atoms with van der Waals surface area (Å²) in [6, 6.07) is 13.7. The van der Waals surface area contributed by atoms with E-state index in [1.54, 1.807) is 41.7 Å². The number of aryl methyl sites for hydroxylation is 1. The lowest BCUT2D eigenvalue weighted by Crippen LogP contribution is -2.31. The molecule has 0 radical (unpaired) electrons. The Morgan fingerprint density at radius 2 is 0.773 bits per heavy atom. The predicted octanol–water partition coefficient (Wildman–Crippen LogP) is 15.7. The van der Waals surface area contributed by atoms with Crippen LogP contribution in [-0.4, -0.2) is 23.1 Å². The maximum absolute atomic E-state index is 14.7. The van der Waals surface area contributed by atoms with Gasteiger partial charge in [-0.2, -0.15) is 0 Å². The number of benzene rings is 3. The second-order valence-electron chi connectivity index (χ2n) is 20.2. The first-order valence-electron chi connectivity index (χ1n) is 23.8. The van der Waals surface area contributed by atoms with Gasteiger partial charge in [0.15, 0.2) is 34.8 Å². The maximum atomic E-state index is 14.7. The highest BCUT2D eigenvalue weighted by atomic mass is 32.1. The normalized spacial score (nSPS) is 21.5. The van der Waals surface area contributed by atoms with E-state index in [2.05, 4.69) is 79.7 Å². The topological polar surface area (TPSA) is 68.3 Å². The summed E-state index contributed by atoms with van der Waals surface area (Å²) in [5, 5.41) is 0. The van der Waals surface area contributed by atoms with E-state index in [0.29, 0.717) is 29.2 Å². The molecule has 0 aliphatic heterocycles. The molecule has 4 aliphatic rings. The van der Waals surface area contributed by atoms with Crippen LogP contribution in [0.25, 0.3) is 33.0 Å². The molecule has 0 N–H and O–H groups in total. The minimum atomic E-state index is -1.16. The highest BCUT2D eigenvalue weighted by molar-refractivity contribution is 7.17. The van der Waals surface area contributed by atoms with Gasteiger partial charge in [-0.1, -0.05) is 81.1 Å². The lowest BCUT2D eigenvalue weighted by Gasteiger charge is -2.38. The minimum absolute atomic E-state index is 0.0686. The minimum Gasteiger partial charge on any atom is -0.288 e. The lowest BCUT2D eigenvalue weighted by molar-refractivity contribution is 0.0975. The van der Waals surface area contributed by atoms with Crippen molar-refractivity contribution in [2.75, 3.05) is 0 Å². The van der Waals surface area contributed by atoms with Crippen molar-refractivity contribution >= 4 is 58.0 Å². The van der Waals surface area contributed by atoms with Crippen LogP contribution in [0.5, 0.6) is 0 Å². The van der Waals surface area contributed by atoms with Gasteiger partial charge < -0.3 is 0 Å². The van der Waals surface area contributed by atoms with Gasteiger partial charge in [0.25, 0.3) is 0 Å². The Morgan fingerprint density at radius 3 is 1.11 bits per heavy atom. The molecule has 9 heteroatoms. The number of ketones is 4. The molecule has 2 heterocycles. The molecule has 4 unspecified atom stereocenters. The van der Waals surface area contributed by atoms with Gasteiger partial charge in [-0.15, -0.1) is 22.7 Å². The largest absolute Gasteiger partial charge is 0.288 e. The SMILES string of the molecule is CCC(C)CC1(CC(C)CC)c2cc3c(cc2-c2sc(C=C4C(=O)c5cc(F)c(F)cc5C4=O)cc21)C(CC(C)CC)(CC(C)CC)c1cc(/C=C2/C(=O)c4cc(C)c(F)cc4C2=O)sc1-3. The van der Waals surface area contributed by atoms with E-state index in [4.69, 9.17) is 0 Å². The molecule has 5 aromatic rings. The summed E-state index contributed by atoms with van der Waals surface area (Å²) < 4.78 is 43.4. The highest BCUT2D eigenvalue weighted by Gasteiger charge is 2.51. The van der Waals surface area contributed by atoms with Crippen LogP contribution >= 0.6 is 22.7 Å². The number of halogens is 3. The molecule has 2 aromatic heterocycles. The third-order valence-electron chi connectivity index (χ3n) is 15.7. The van der Waals surface area contributed by atoms with Crippen molar-refractivity contribution in [3.05, 3.63) is 137 Å². The summed E-state index contributed by atoms with van der Waals surface area (Å²) in [6.45, 7) is 19.8. The number of hydrogen-bond acceptors (Lipinski definition) is 6. The summed E-state index contributed by atoms with van der Waals surface area (Å²) in [4.78, 5) is 58.8. The molecule has 9 rings (SSSR count). The summed E-state index contributed by atoms with van der Waals surface area (Å²) >= 11 is 3.20. The molecule has 4 nitrogen and oxygen atoms in total. The average molecular weight is 927 g/mol. The molecule has 342 valence electrons. The van der Waals surface area contributed by atoms with Crippen molar-refractivity contribution in [2.24, 2.45) is 23.7 Å². The number of Topliss-reactive ketones (excluding diaryl/α,β-unsaturated/α-hetero) is 4. The van der Waals surface area contributed by atoms with Crippen molar-refractivity contribution in [2.45, 2.75) is 125 Å². The molecule has 3 aromatic carbocycles. The molecule has 66 heavy (non-hydrogen) atoms. The number of hydrogen-bond donors (Lipinski definition) is 0. The molecule has 0 amide bonds. The fourth-order valence-corrected chi connectivity index (χ4v) is 13.9. The summed E-state index contributed by atoms with van der Waals surface area (Å²) in [5.41, 5.74) is 7.08. The monoisotopic (exact) mass is 926 g/mol. The molecule has 4 atom stereocenters. The van der Waals surface area contributed by atoms with Crippen LogP contribution in [0.1, 0.15) is 186 Å². The van der Waals surface area contributed by atoms with Crippen molar-refractivity contribution in [3.8, 4) is 20.9 Å². The molecule has 0 spiro atoms. The van der Waals surface area contributed by atoms with E-state index in [-0.39, 0.29) is 50.0 Å². The van der Waals surface area contributed by atoms with Gasteiger partial charge in [-0.05, 0) is 156 Å². The van der Waals surface area contributed by atoms with Gasteiger partial charge in [-0.3, -0.25) is 19.2 Å². The molecule has 0 bridgehead atoms. The van der Waals surface area contributed by atoms with Crippen LogP contribution in [0.3, 0.4) is 0 Å². The first kappa shape index (κ1) is 46.1. The summed E-state index contributed by atoms with van der Waals surface area (Å²) in [7, 11) is 0. The third kappa shape index (κ3) is 7.12. The van der Waals surface area contributed by atoms with Crippen LogP contribution < -0.4 is 0 Å². The van der Waals surface area contributed by atoms with Crippen molar-refractivity contribution in [1.82, 2.24) is 0 Å². The molecule has 4 aliphatic carbocycles. The van der Waals surface area contributed by atoms with E-state index >= 15 is 0 Å². The first-order valence-corrected chi connectivity index (χ1v) is 25.4. The van der Waals surface area contributed by atoms with Crippen LogP contribution in [0.2, 0.25) is 0 Å². The Balaban J connectivity index is 1.26. The zero-order chi connectivity index (χ0) is 47.3. The van der Waals surface area contributed by atoms with E-state index in [1.807, 2.05) is 0 Å². The Hall–Kier alpha value is -4.99. The van der Waals surface area contributed by atoms with E-state index in [9.17, 15) is 32.3 Å². The average Bonchev–Trinajstić information content (AvgIpc) is 4.10. The molecule has 0 saturated carbocycles. The van der Waals surface area contributed by atoms with Gasteiger partial charge in [-0.25, -0.2) is 13.2 Å². The zero-order valence-electron chi connectivity index (χ0n) is 39.3. The fraction of sp³-hybridized carbons (Fsp3) is 0.404. The van der Waals surface area contributed by atoms with Crippen LogP contribution in [-0.2, 0) is 10.8 Å². The molecule has 0 saturated heterocycles. The highest BCUT2D eigenvalue weighted by Crippen LogP contribution is 2.64. The van der Waals surface area contributed by atoms with E-state index in [0.717, 1.165) is 83.0 Å².